The molecule has 0 aliphatic heterocycles. The monoisotopic (exact) mass is 240 g/mol. The molecule has 0 saturated heterocycles. The van der Waals surface area contributed by atoms with Gasteiger partial charge in [0.15, 0.2) is 0 Å². The third-order valence-electron chi connectivity index (χ3n) is 2.00. The molecule has 1 aromatic carbocycles. The lowest BCUT2D eigenvalue weighted by Gasteiger charge is -2.02. The predicted molar refractivity (Wildman–Crippen MR) is 63.9 cm³/mol. The van der Waals surface area contributed by atoms with Crippen LogP contribution in [0.5, 0.6) is 0 Å². The van der Waals surface area contributed by atoms with E-state index < -0.39 is 5.97 Å². The molecule has 1 rings (SSSR count). The van der Waals surface area contributed by atoms with Gasteiger partial charge in [0, 0.05) is 11.6 Å². The maximum atomic E-state index is 10.4. The highest BCUT2D eigenvalue weighted by atomic mass is 35.5. The second-order valence-electron chi connectivity index (χ2n) is 3.29. The van der Waals surface area contributed by atoms with Crippen LogP contribution in [0, 0.1) is 0 Å². The summed E-state index contributed by atoms with van der Waals surface area (Å²) in [6, 6.07) is 7.50. The third-order valence-corrected chi connectivity index (χ3v) is 2.25. The Balaban J connectivity index is 2.34. The Bertz CT molecular complexity index is 387. The number of halogens is 1. The summed E-state index contributed by atoms with van der Waals surface area (Å²) < 4.78 is 0. The van der Waals surface area contributed by atoms with Gasteiger partial charge in [-0.1, -0.05) is 23.7 Å². The van der Waals surface area contributed by atoms with Gasteiger partial charge in [-0.05, 0) is 31.0 Å². The molecule has 0 heterocycles. The Morgan fingerprint density at radius 3 is 2.62 bits per heavy atom. The summed E-state index contributed by atoms with van der Waals surface area (Å²) in [6.45, 7) is 2.03. The average molecular weight is 241 g/mol. The molecule has 0 radical (unpaired) electrons. The predicted octanol–water partition coefficient (Wildman–Crippen LogP) is 1.93. The van der Waals surface area contributed by atoms with Gasteiger partial charge >= 0.3 is 5.97 Å². The first-order valence-corrected chi connectivity index (χ1v) is 5.22. The first-order valence-electron chi connectivity index (χ1n) is 4.84. The molecule has 4 nitrogen and oxygen atoms in total. The summed E-state index contributed by atoms with van der Waals surface area (Å²) in [7, 11) is 0. The molecule has 0 spiro atoms. The maximum Gasteiger partial charge on any atom is 0.351 e. The summed E-state index contributed by atoms with van der Waals surface area (Å²) in [5.74, 6) is -1.01. The molecule has 16 heavy (non-hydrogen) atoms. The number of carboxylic acid groups (broad SMARTS) is 1. The number of rotatable bonds is 5. The van der Waals surface area contributed by atoms with Gasteiger partial charge in [-0.15, -0.1) is 0 Å². The summed E-state index contributed by atoms with van der Waals surface area (Å²) in [5.41, 5.74) is 3.88. The number of nitrogens with one attached hydrogen (secondary N) is 1. The van der Waals surface area contributed by atoms with Gasteiger partial charge in [0.25, 0.3) is 0 Å². The fourth-order valence-electron chi connectivity index (χ4n) is 1.07. The standard InChI is InChI=1S/C11H13ClN2O2/c1-8(11(15)16)14-13-7-6-9-2-4-10(12)5-3-9/h2-5,13H,6-7H2,1H3,(H,15,16). The van der Waals surface area contributed by atoms with Gasteiger partial charge in [-0.2, -0.15) is 5.10 Å². The zero-order chi connectivity index (χ0) is 12.0. The molecule has 0 saturated carbocycles. The lowest BCUT2D eigenvalue weighted by molar-refractivity contribution is -0.129. The minimum Gasteiger partial charge on any atom is -0.477 e. The average Bonchev–Trinajstić information content (AvgIpc) is 2.26. The van der Waals surface area contributed by atoms with Crippen LogP contribution in [0.3, 0.4) is 0 Å². The molecular weight excluding hydrogens is 228 g/mol. The van der Waals surface area contributed by atoms with Crippen molar-refractivity contribution in [2.45, 2.75) is 13.3 Å². The molecular formula is C11H13ClN2O2. The fraction of sp³-hybridized carbons (Fsp3) is 0.273. The van der Waals surface area contributed by atoms with Gasteiger partial charge in [0.05, 0.1) is 0 Å². The minimum absolute atomic E-state index is 0.0520. The molecule has 0 bridgehead atoms. The van der Waals surface area contributed by atoms with Crippen LogP contribution in [0.15, 0.2) is 29.4 Å². The van der Waals surface area contributed by atoms with Crippen molar-refractivity contribution in [3.63, 3.8) is 0 Å². The maximum absolute atomic E-state index is 10.4. The molecule has 0 amide bonds. The quantitative estimate of drug-likeness (QED) is 0.470. The van der Waals surface area contributed by atoms with E-state index in [1.165, 1.54) is 6.92 Å². The van der Waals surface area contributed by atoms with E-state index in [1.807, 2.05) is 24.3 Å². The van der Waals surface area contributed by atoms with E-state index in [2.05, 4.69) is 10.5 Å². The number of carboxylic acids is 1. The highest BCUT2D eigenvalue weighted by Crippen LogP contribution is 2.09. The van der Waals surface area contributed by atoms with Crippen LogP contribution < -0.4 is 5.43 Å². The molecule has 0 fully saturated rings. The molecule has 0 unspecified atom stereocenters. The van der Waals surface area contributed by atoms with Crippen LogP contribution in [-0.4, -0.2) is 23.3 Å². The van der Waals surface area contributed by atoms with E-state index in [4.69, 9.17) is 16.7 Å². The van der Waals surface area contributed by atoms with Gasteiger partial charge in [-0.3, -0.25) is 0 Å². The summed E-state index contributed by atoms with van der Waals surface area (Å²) in [6.07, 6.45) is 0.771. The van der Waals surface area contributed by atoms with Crippen molar-refractivity contribution in [2.75, 3.05) is 6.54 Å². The Morgan fingerprint density at radius 2 is 2.06 bits per heavy atom. The van der Waals surface area contributed by atoms with E-state index in [0.717, 1.165) is 12.0 Å². The number of hydrazone groups is 1. The summed E-state index contributed by atoms with van der Waals surface area (Å²) in [5, 5.41) is 12.9. The van der Waals surface area contributed by atoms with Gasteiger partial charge in [-0.25, -0.2) is 4.79 Å². The highest BCUT2D eigenvalue weighted by Gasteiger charge is 2.00. The lowest BCUT2D eigenvalue weighted by Crippen LogP contribution is -2.17. The Kier molecular flexibility index (Phi) is 4.79. The van der Waals surface area contributed by atoms with Crippen molar-refractivity contribution in [1.82, 2.24) is 5.43 Å². The van der Waals surface area contributed by atoms with Gasteiger partial charge < -0.3 is 10.5 Å². The Hall–Kier alpha value is -1.55. The van der Waals surface area contributed by atoms with Crippen molar-refractivity contribution in [1.29, 1.82) is 0 Å². The molecule has 0 aliphatic rings. The number of nitrogens with zero attached hydrogens (tertiary/aromatic N) is 1. The minimum atomic E-state index is -1.01. The summed E-state index contributed by atoms with van der Waals surface area (Å²) >= 11 is 5.75. The number of carbonyl (C=O) groups is 1. The van der Waals surface area contributed by atoms with Gasteiger partial charge in [0.1, 0.15) is 5.71 Å². The SMILES string of the molecule is CC(=NNCCc1ccc(Cl)cc1)C(=O)O. The fourth-order valence-corrected chi connectivity index (χ4v) is 1.20. The second-order valence-corrected chi connectivity index (χ2v) is 3.72. The molecule has 0 aromatic heterocycles. The van der Waals surface area contributed by atoms with E-state index in [0.29, 0.717) is 11.6 Å². The topological polar surface area (TPSA) is 61.7 Å². The Morgan fingerprint density at radius 1 is 1.44 bits per heavy atom. The normalized spacial score (nSPS) is 11.2. The number of hydrogen-bond acceptors (Lipinski definition) is 3. The van der Waals surface area contributed by atoms with Crippen LogP contribution in [0.1, 0.15) is 12.5 Å². The van der Waals surface area contributed by atoms with Crippen molar-refractivity contribution >= 4 is 23.3 Å². The van der Waals surface area contributed by atoms with Crippen LogP contribution in [0.2, 0.25) is 5.02 Å². The van der Waals surface area contributed by atoms with Gasteiger partial charge in [0.2, 0.25) is 0 Å². The van der Waals surface area contributed by atoms with Crippen LogP contribution >= 0.6 is 11.6 Å². The zero-order valence-corrected chi connectivity index (χ0v) is 9.66. The number of benzene rings is 1. The third kappa shape index (κ3) is 4.31. The van der Waals surface area contributed by atoms with E-state index in [1.54, 1.807) is 0 Å². The van der Waals surface area contributed by atoms with Crippen LogP contribution in [0.4, 0.5) is 0 Å². The zero-order valence-electron chi connectivity index (χ0n) is 8.90. The van der Waals surface area contributed by atoms with Crippen LogP contribution in [0.25, 0.3) is 0 Å². The second kappa shape index (κ2) is 6.12. The smallest absolute Gasteiger partial charge is 0.351 e. The molecule has 1 aromatic rings. The van der Waals surface area contributed by atoms with Crippen molar-refractivity contribution in [3.05, 3.63) is 34.9 Å². The summed E-state index contributed by atoms with van der Waals surface area (Å²) in [4.78, 5) is 10.4. The van der Waals surface area contributed by atoms with Crippen LogP contribution in [-0.2, 0) is 11.2 Å². The molecule has 0 aliphatic carbocycles. The van der Waals surface area contributed by atoms with Crippen molar-refractivity contribution in [3.8, 4) is 0 Å². The van der Waals surface area contributed by atoms with E-state index in [-0.39, 0.29) is 5.71 Å². The van der Waals surface area contributed by atoms with Crippen molar-refractivity contribution in [2.24, 2.45) is 5.10 Å². The largest absolute Gasteiger partial charge is 0.477 e. The highest BCUT2D eigenvalue weighted by molar-refractivity contribution is 6.34. The van der Waals surface area contributed by atoms with E-state index in [9.17, 15) is 4.79 Å². The first kappa shape index (κ1) is 12.5. The number of hydrogen-bond donors (Lipinski definition) is 2. The molecule has 5 heteroatoms. The Labute approximate surface area is 98.9 Å². The van der Waals surface area contributed by atoms with Crippen molar-refractivity contribution < 1.29 is 9.90 Å². The molecule has 0 atom stereocenters. The number of aliphatic carboxylic acids is 1. The molecule has 2 N–H and O–H groups in total. The first-order chi connectivity index (χ1) is 7.59. The van der Waals surface area contributed by atoms with E-state index >= 15 is 0 Å². The molecule has 86 valence electrons. The lowest BCUT2D eigenvalue weighted by atomic mass is 10.2.